The van der Waals surface area contributed by atoms with Gasteiger partial charge in [0.1, 0.15) is 11.4 Å². The molecule has 1 aromatic carbocycles. The summed E-state index contributed by atoms with van der Waals surface area (Å²) in [6.45, 7) is 0. The van der Waals surface area contributed by atoms with Crippen LogP contribution in [0.4, 0.5) is 10.1 Å². The third-order valence-corrected chi connectivity index (χ3v) is 6.16. The first kappa shape index (κ1) is 19.5. The molecule has 6 rings (SSSR count). The molecule has 9 heteroatoms. The van der Waals surface area contributed by atoms with Crippen LogP contribution in [0.2, 0.25) is 0 Å². The van der Waals surface area contributed by atoms with Crippen LogP contribution in [0.25, 0.3) is 44.7 Å². The van der Waals surface area contributed by atoms with Crippen molar-refractivity contribution in [2.75, 3.05) is 5.32 Å². The Morgan fingerprint density at radius 3 is 2.76 bits per heavy atom. The number of aromatic amines is 2. The van der Waals surface area contributed by atoms with E-state index in [9.17, 15) is 4.79 Å². The molecule has 4 heterocycles. The second kappa shape index (κ2) is 7.77. The average Bonchev–Trinajstić information content (AvgIpc) is 3.58. The molecule has 0 unspecified atom stereocenters. The number of nitrogens with zero attached hydrogens (tertiary/aromatic N) is 4. The van der Waals surface area contributed by atoms with Crippen LogP contribution in [0, 0.1) is 11.7 Å². The molecule has 1 amide bonds. The second-order valence-corrected chi connectivity index (χ2v) is 8.32. The molecular formula is C24H20FN7O. The number of hydrogen-bond acceptors (Lipinski definition) is 5. The van der Waals surface area contributed by atoms with Gasteiger partial charge in [-0.2, -0.15) is 5.10 Å². The van der Waals surface area contributed by atoms with E-state index in [2.05, 4.69) is 35.5 Å². The zero-order valence-corrected chi connectivity index (χ0v) is 17.6. The van der Waals surface area contributed by atoms with Gasteiger partial charge in [-0.3, -0.25) is 19.9 Å². The lowest BCUT2D eigenvalue weighted by molar-refractivity contribution is -0.119. The number of para-hydroxylation sites is 2. The van der Waals surface area contributed by atoms with Crippen LogP contribution in [0.3, 0.4) is 0 Å². The Bertz CT molecular complexity index is 1470. The summed E-state index contributed by atoms with van der Waals surface area (Å²) >= 11 is 0. The molecule has 1 saturated carbocycles. The van der Waals surface area contributed by atoms with Gasteiger partial charge in [0.2, 0.25) is 5.91 Å². The molecule has 33 heavy (non-hydrogen) atoms. The molecule has 5 aromatic rings. The molecule has 0 spiro atoms. The molecule has 1 aliphatic rings. The van der Waals surface area contributed by atoms with Crippen molar-refractivity contribution < 1.29 is 9.18 Å². The van der Waals surface area contributed by atoms with Crippen LogP contribution in [0.5, 0.6) is 0 Å². The van der Waals surface area contributed by atoms with Gasteiger partial charge in [-0.1, -0.05) is 25.0 Å². The van der Waals surface area contributed by atoms with Gasteiger partial charge in [-0.25, -0.2) is 9.37 Å². The van der Waals surface area contributed by atoms with Crippen molar-refractivity contribution in [1.82, 2.24) is 30.1 Å². The van der Waals surface area contributed by atoms with E-state index < -0.39 is 5.82 Å². The van der Waals surface area contributed by atoms with Crippen LogP contribution >= 0.6 is 0 Å². The number of carbonyl (C=O) groups is 1. The Hall–Kier alpha value is -4.14. The van der Waals surface area contributed by atoms with Gasteiger partial charge in [0.05, 0.1) is 40.0 Å². The van der Waals surface area contributed by atoms with Crippen molar-refractivity contribution in [2.24, 2.45) is 5.92 Å². The maximum Gasteiger partial charge on any atom is 0.227 e. The molecule has 1 aliphatic carbocycles. The first-order valence-electron chi connectivity index (χ1n) is 10.9. The van der Waals surface area contributed by atoms with Crippen LogP contribution < -0.4 is 5.32 Å². The SMILES string of the molecule is O=C(Nc1cncc(-c2ncc3[nH]nc(-c4nc5ccccc5[nH]4)c3c2F)c1)C1CCCC1. The van der Waals surface area contributed by atoms with Crippen molar-refractivity contribution in [3.8, 4) is 22.8 Å². The fraction of sp³-hybridized carbons (Fsp3) is 0.208. The second-order valence-electron chi connectivity index (χ2n) is 8.32. The zero-order valence-electron chi connectivity index (χ0n) is 17.6. The molecular weight excluding hydrogens is 421 g/mol. The molecule has 0 aliphatic heterocycles. The summed E-state index contributed by atoms with van der Waals surface area (Å²) < 4.78 is 15.8. The summed E-state index contributed by atoms with van der Waals surface area (Å²) in [6.07, 6.45) is 8.58. The number of carbonyl (C=O) groups excluding carboxylic acids is 1. The number of imidazole rings is 1. The quantitative estimate of drug-likeness (QED) is 0.370. The highest BCUT2D eigenvalue weighted by molar-refractivity contribution is 5.96. The molecule has 3 N–H and O–H groups in total. The van der Waals surface area contributed by atoms with E-state index in [0.717, 1.165) is 36.7 Å². The fourth-order valence-electron chi connectivity index (χ4n) is 4.48. The van der Waals surface area contributed by atoms with Gasteiger partial charge in [-0.05, 0) is 31.0 Å². The topological polar surface area (TPSA) is 112 Å². The van der Waals surface area contributed by atoms with Gasteiger partial charge in [0.25, 0.3) is 0 Å². The van der Waals surface area contributed by atoms with E-state index in [1.165, 1.54) is 12.4 Å². The summed E-state index contributed by atoms with van der Waals surface area (Å²) in [5.41, 5.74) is 3.57. The number of anilines is 1. The minimum Gasteiger partial charge on any atom is -0.337 e. The lowest BCUT2D eigenvalue weighted by atomic mass is 10.1. The van der Waals surface area contributed by atoms with Crippen LogP contribution in [-0.4, -0.2) is 36.0 Å². The van der Waals surface area contributed by atoms with E-state index in [1.807, 2.05) is 24.3 Å². The van der Waals surface area contributed by atoms with Crippen LogP contribution in [0.1, 0.15) is 25.7 Å². The largest absolute Gasteiger partial charge is 0.337 e. The number of aromatic nitrogens is 6. The van der Waals surface area contributed by atoms with Gasteiger partial charge in [0.15, 0.2) is 11.6 Å². The first-order chi connectivity index (χ1) is 16.2. The van der Waals surface area contributed by atoms with Crippen molar-refractivity contribution in [3.05, 3.63) is 54.7 Å². The Kier molecular flexibility index (Phi) is 4.60. The monoisotopic (exact) mass is 441 g/mol. The Balaban J connectivity index is 1.39. The summed E-state index contributed by atoms with van der Waals surface area (Å²) in [5.74, 6) is -0.0542. The van der Waals surface area contributed by atoms with Crippen molar-refractivity contribution in [3.63, 3.8) is 0 Å². The first-order valence-corrected chi connectivity index (χ1v) is 10.9. The molecule has 8 nitrogen and oxygen atoms in total. The van der Waals surface area contributed by atoms with Crippen molar-refractivity contribution >= 4 is 33.5 Å². The van der Waals surface area contributed by atoms with Crippen molar-refractivity contribution in [2.45, 2.75) is 25.7 Å². The van der Waals surface area contributed by atoms with E-state index in [1.54, 1.807) is 12.3 Å². The molecule has 0 bridgehead atoms. The molecule has 164 valence electrons. The molecule has 0 radical (unpaired) electrons. The minimum atomic E-state index is -0.530. The predicted octanol–water partition coefficient (Wildman–Crippen LogP) is 4.83. The van der Waals surface area contributed by atoms with Gasteiger partial charge in [-0.15, -0.1) is 0 Å². The number of fused-ring (bicyclic) bond motifs is 2. The molecule has 0 atom stereocenters. The number of nitrogens with one attached hydrogen (secondary N) is 3. The molecule has 4 aromatic heterocycles. The van der Waals surface area contributed by atoms with E-state index in [-0.39, 0.29) is 17.5 Å². The highest BCUT2D eigenvalue weighted by atomic mass is 19.1. The van der Waals surface area contributed by atoms with Crippen LogP contribution in [-0.2, 0) is 4.79 Å². The third-order valence-electron chi connectivity index (χ3n) is 6.16. The number of benzene rings is 1. The number of rotatable bonds is 4. The zero-order chi connectivity index (χ0) is 22.4. The normalized spacial score (nSPS) is 14.3. The Morgan fingerprint density at radius 2 is 1.91 bits per heavy atom. The summed E-state index contributed by atoms with van der Waals surface area (Å²) in [4.78, 5) is 28.7. The summed E-state index contributed by atoms with van der Waals surface area (Å²) in [6, 6.07) is 9.27. The van der Waals surface area contributed by atoms with Gasteiger partial charge in [0, 0.05) is 17.7 Å². The van der Waals surface area contributed by atoms with Crippen LogP contribution in [0.15, 0.2) is 48.9 Å². The highest BCUT2D eigenvalue weighted by Gasteiger charge is 2.24. The average molecular weight is 441 g/mol. The standard InChI is InChI=1S/C24H20FN7O/c25-20-19-18(31-32-22(19)23-29-16-7-3-4-8-17(16)30-23)12-27-21(20)14-9-15(11-26-10-14)28-24(33)13-5-1-2-6-13/h3-4,7-13H,1-2,5-6H2,(H,28,33)(H,29,30)(H,31,32). The third kappa shape index (κ3) is 3.42. The Morgan fingerprint density at radius 1 is 1.06 bits per heavy atom. The van der Waals surface area contributed by atoms with E-state index in [0.29, 0.717) is 33.7 Å². The highest BCUT2D eigenvalue weighted by Crippen LogP contribution is 2.33. The minimum absolute atomic E-state index is 0.0164. The van der Waals surface area contributed by atoms with Crippen molar-refractivity contribution in [1.29, 1.82) is 0 Å². The number of pyridine rings is 2. The smallest absolute Gasteiger partial charge is 0.227 e. The fourth-order valence-corrected chi connectivity index (χ4v) is 4.48. The summed E-state index contributed by atoms with van der Waals surface area (Å²) in [5, 5.41) is 10.3. The Labute approximate surface area is 187 Å². The number of amides is 1. The number of H-pyrrole nitrogens is 2. The number of hydrogen-bond donors (Lipinski definition) is 3. The van der Waals surface area contributed by atoms with E-state index in [4.69, 9.17) is 0 Å². The van der Waals surface area contributed by atoms with E-state index >= 15 is 4.39 Å². The maximum atomic E-state index is 15.8. The molecule has 0 saturated heterocycles. The molecule has 1 fully saturated rings. The number of halogens is 1. The van der Waals surface area contributed by atoms with Gasteiger partial charge < -0.3 is 10.3 Å². The summed E-state index contributed by atoms with van der Waals surface area (Å²) in [7, 11) is 0. The lowest BCUT2D eigenvalue weighted by Gasteiger charge is -2.11. The predicted molar refractivity (Wildman–Crippen MR) is 123 cm³/mol. The lowest BCUT2D eigenvalue weighted by Crippen LogP contribution is -2.20. The van der Waals surface area contributed by atoms with Gasteiger partial charge >= 0.3 is 0 Å². The maximum absolute atomic E-state index is 15.8.